The predicted molar refractivity (Wildman–Crippen MR) is 83.0 cm³/mol. The number of aromatic nitrogens is 2. The first kappa shape index (κ1) is 16.0. The molecule has 2 aromatic heterocycles. The van der Waals surface area contributed by atoms with Crippen LogP contribution in [0, 0.1) is 13.8 Å². The van der Waals surface area contributed by atoms with Gasteiger partial charge < -0.3 is 15.6 Å². The molecule has 2 aromatic rings. The number of pyridine rings is 1. The molecule has 0 amide bonds. The molecule has 118 valence electrons. The fraction of sp³-hybridized carbons (Fsp3) is 0.375. The van der Waals surface area contributed by atoms with Crippen molar-refractivity contribution in [2.45, 2.75) is 33.2 Å². The third kappa shape index (κ3) is 3.12. The molecule has 2 rings (SSSR count). The van der Waals surface area contributed by atoms with E-state index in [1.165, 1.54) is 0 Å². The first-order chi connectivity index (χ1) is 10.5. The average Bonchev–Trinajstić information content (AvgIpc) is 2.74. The Labute approximate surface area is 129 Å². The Morgan fingerprint density at radius 3 is 2.86 bits per heavy atom. The molecule has 1 unspecified atom stereocenters. The van der Waals surface area contributed by atoms with Gasteiger partial charge in [0.05, 0.1) is 6.61 Å². The smallest absolute Gasteiger partial charge is 0.323 e. The molecule has 0 fully saturated rings. The van der Waals surface area contributed by atoms with Gasteiger partial charge in [-0.05, 0) is 44.5 Å². The molecular formula is C16H21N3O3. The number of nitrogens with two attached hydrogens (primary N) is 1. The maximum atomic E-state index is 11.7. The van der Waals surface area contributed by atoms with Gasteiger partial charge in [-0.1, -0.05) is 0 Å². The molecule has 0 aliphatic heterocycles. The highest BCUT2D eigenvalue weighted by molar-refractivity contribution is 5.76. The number of esters is 1. The first-order valence-corrected chi connectivity index (χ1v) is 7.20. The summed E-state index contributed by atoms with van der Waals surface area (Å²) in [6.45, 7) is 5.89. The summed E-state index contributed by atoms with van der Waals surface area (Å²) in [4.78, 5) is 15.9. The van der Waals surface area contributed by atoms with Crippen molar-refractivity contribution < 1.29 is 14.6 Å². The number of nitrogens with zero attached hydrogens (tertiary/aromatic N) is 2. The Bertz CT molecular complexity index is 679. The Morgan fingerprint density at radius 1 is 1.50 bits per heavy atom. The van der Waals surface area contributed by atoms with Crippen LogP contribution in [0.1, 0.15) is 23.9 Å². The number of hydrogen-bond donors (Lipinski definition) is 2. The minimum Gasteiger partial charge on any atom is -0.504 e. The Hall–Kier alpha value is -2.34. The number of ether oxygens (including phenoxy) is 1. The number of aromatic hydroxyl groups is 1. The van der Waals surface area contributed by atoms with E-state index >= 15 is 0 Å². The second-order valence-corrected chi connectivity index (χ2v) is 5.14. The molecule has 2 heterocycles. The zero-order chi connectivity index (χ0) is 16.3. The molecule has 0 bridgehead atoms. The highest BCUT2D eigenvalue weighted by Gasteiger charge is 2.20. The molecular weight excluding hydrogens is 282 g/mol. The number of carbonyl (C=O) groups is 1. The van der Waals surface area contributed by atoms with Gasteiger partial charge in [0.25, 0.3) is 0 Å². The van der Waals surface area contributed by atoms with E-state index in [-0.39, 0.29) is 5.75 Å². The average molecular weight is 303 g/mol. The normalized spacial score (nSPS) is 12.2. The molecule has 0 saturated heterocycles. The molecule has 0 aliphatic rings. The van der Waals surface area contributed by atoms with Crippen LogP contribution in [-0.2, 0) is 16.0 Å². The summed E-state index contributed by atoms with van der Waals surface area (Å²) in [5.74, 6) is 0.159. The van der Waals surface area contributed by atoms with E-state index in [1.807, 2.05) is 24.5 Å². The standard InChI is InChI=1S/C16H21N3O3/c1-4-22-16(21)13(17)9-12-8-10(2)19(11(12)3)15-14(20)6-5-7-18-15/h5-8,13,20H,4,9,17H2,1-3H3. The number of aryl methyl sites for hydroxylation is 1. The molecule has 0 radical (unpaired) electrons. The molecule has 0 saturated carbocycles. The lowest BCUT2D eigenvalue weighted by molar-refractivity contribution is -0.144. The van der Waals surface area contributed by atoms with E-state index in [4.69, 9.17) is 10.5 Å². The van der Waals surface area contributed by atoms with Crippen molar-refractivity contribution in [3.63, 3.8) is 0 Å². The molecule has 22 heavy (non-hydrogen) atoms. The van der Waals surface area contributed by atoms with Gasteiger partial charge in [0.15, 0.2) is 11.6 Å². The van der Waals surface area contributed by atoms with Gasteiger partial charge in [-0.25, -0.2) is 4.98 Å². The van der Waals surface area contributed by atoms with Gasteiger partial charge in [-0.3, -0.25) is 9.36 Å². The van der Waals surface area contributed by atoms with Crippen molar-refractivity contribution in [3.8, 4) is 11.6 Å². The summed E-state index contributed by atoms with van der Waals surface area (Å²) in [7, 11) is 0. The van der Waals surface area contributed by atoms with Crippen LogP contribution in [0.3, 0.4) is 0 Å². The van der Waals surface area contributed by atoms with E-state index in [0.29, 0.717) is 18.8 Å². The summed E-state index contributed by atoms with van der Waals surface area (Å²) in [6.07, 6.45) is 2.00. The largest absolute Gasteiger partial charge is 0.504 e. The predicted octanol–water partition coefficient (Wildman–Crippen LogP) is 1.63. The zero-order valence-electron chi connectivity index (χ0n) is 13.0. The van der Waals surface area contributed by atoms with Gasteiger partial charge in [-0.2, -0.15) is 0 Å². The topological polar surface area (TPSA) is 90.4 Å². The third-order valence-electron chi connectivity index (χ3n) is 3.54. The Kier molecular flexibility index (Phi) is 4.82. The second-order valence-electron chi connectivity index (χ2n) is 5.14. The Balaban J connectivity index is 2.32. The minimum atomic E-state index is -0.703. The number of rotatable bonds is 5. The van der Waals surface area contributed by atoms with Crippen molar-refractivity contribution >= 4 is 5.97 Å². The van der Waals surface area contributed by atoms with Crippen LogP contribution < -0.4 is 5.73 Å². The van der Waals surface area contributed by atoms with E-state index < -0.39 is 12.0 Å². The van der Waals surface area contributed by atoms with Crippen molar-refractivity contribution in [3.05, 3.63) is 41.3 Å². The first-order valence-electron chi connectivity index (χ1n) is 7.20. The van der Waals surface area contributed by atoms with E-state index in [0.717, 1.165) is 17.0 Å². The lowest BCUT2D eigenvalue weighted by Gasteiger charge is -2.12. The van der Waals surface area contributed by atoms with Gasteiger partial charge in [0.2, 0.25) is 0 Å². The van der Waals surface area contributed by atoms with Gasteiger partial charge in [0.1, 0.15) is 6.04 Å². The summed E-state index contributed by atoms with van der Waals surface area (Å²) >= 11 is 0. The van der Waals surface area contributed by atoms with Crippen LogP contribution in [0.25, 0.3) is 5.82 Å². The van der Waals surface area contributed by atoms with Crippen LogP contribution >= 0.6 is 0 Å². The quantitative estimate of drug-likeness (QED) is 0.819. The SMILES string of the molecule is CCOC(=O)C(N)Cc1cc(C)n(-c2ncccc2O)c1C. The number of carbonyl (C=O) groups excluding carboxylic acids is 1. The van der Waals surface area contributed by atoms with Crippen molar-refractivity contribution in [1.82, 2.24) is 9.55 Å². The maximum Gasteiger partial charge on any atom is 0.323 e. The molecule has 6 heteroatoms. The van der Waals surface area contributed by atoms with Gasteiger partial charge >= 0.3 is 5.97 Å². The molecule has 0 aromatic carbocycles. The van der Waals surface area contributed by atoms with E-state index in [9.17, 15) is 9.90 Å². The van der Waals surface area contributed by atoms with Crippen LogP contribution in [0.2, 0.25) is 0 Å². The van der Waals surface area contributed by atoms with Gasteiger partial charge in [-0.15, -0.1) is 0 Å². The zero-order valence-corrected chi connectivity index (χ0v) is 13.0. The second kappa shape index (κ2) is 6.62. The van der Waals surface area contributed by atoms with Crippen LogP contribution in [0.5, 0.6) is 5.75 Å². The fourth-order valence-electron chi connectivity index (χ4n) is 2.49. The van der Waals surface area contributed by atoms with Crippen LogP contribution in [-0.4, -0.2) is 33.3 Å². The fourth-order valence-corrected chi connectivity index (χ4v) is 2.49. The molecule has 0 aliphatic carbocycles. The molecule has 0 spiro atoms. The monoisotopic (exact) mass is 303 g/mol. The van der Waals surface area contributed by atoms with Crippen LogP contribution in [0.15, 0.2) is 24.4 Å². The molecule has 1 atom stereocenters. The highest BCUT2D eigenvalue weighted by atomic mass is 16.5. The summed E-state index contributed by atoms with van der Waals surface area (Å²) in [5, 5.41) is 9.98. The lowest BCUT2D eigenvalue weighted by Crippen LogP contribution is -2.34. The minimum absolute atomic E-state index is 0.102. The highest BCUT2D eigenvalue weighted by Crippen LogP contribution is 2.25. The summed E-state index contributed by atoms with van der Waals surface area (Å²) < 4.78 is 6.78. The molecule has 3 N–H and O–H groups in total. The van der Waals surface area contributed by atoms with Crippen molar-refractivity contribution in [2.75, 3.05) is 6.61 Å². The summed E-state index contributed by atoms with van der Waals surface area (Å²) in [5.41, 5.74) is 8.63. The number of hydrogen-bond acceptors (Lipinski definition) is 5. The Morgan fingerprint density at radius 2 is 2.23 bits per heavy atom. The van der Waals surface area contributed by atoms with Crippen LogP contribution in [0.4, 0.5) is 0 Å². The summed E-state index contributed by atoms with van der Waals surface area (Å²) in [6, 6.07) is 4.50. The van der Waals surface area contributed by atoms with Crippen molar-refractivity contribution in [2.24, 2.45) is 5.73 Å². The molecule has 6 nitrogen and oxygen atoms in total. The van der Waals surface area contributed by atoms with E-state index in [2.05, 4.69) is 4.98 Å². The lowest BCUT2D eigenvalue weighted by atomic mass is 10.1. The van der Waals surface area contributed by atoms with E-state index in [1.54, 1.807) is 25.3 Å². The van der Waals surface area contributed by atoms with Crippen molar-refractivity contribution in [1.29, 1.82) is 0 Å². The maximum absolute atomic E-state index is 11.7. The third-order valence-corrected chi connectivity index (χ3v) is 3.54. The van der Waals surface area contributed by atoms with Gasteiger partial charge in [0, 0.05) is 24.0 Å².